The van der Waals surface area contributed by atoms with Gasteiger partial charge in [-0.05, 0) is 98.2 Å². The van der Waals surface area contributed by atoms with E-state index in [0.29, 0.717) is 30.8 Å². The molecule has 1 saturated carbocycles. The van der Waals surface area contributed by atoms with Crippen molar-refractivity contribution in [3.63, 3.8) is 0 Å². The smallest absolute Gasteiger partial charge is 0.142 e. The molecule has 1 saturated heterocycles. The van der Waals surface area contributed by atoms with Gasteiger partial charge in [-0.2, -0.15) is 0 Å². The van der Waals surface area contributed by atoms with Crippen molar-refractivity contribution in [2.75, 3.05) is 38.3 Å². The molecule has 2 aromatic rings. The van der Waals surface area contributed by atoms with Crippen LogP contribution in [0.5, 0.6) is 5.75 Å². The van der Waals surface area contributed by atoms with Crippen LogP contribution in [0.2, 0.25) is 5.02 Å². The number of aliphatic hydroxyl groups excluding tert-OH is 1. The van der Waals surface area contributed by atoms with E-state index in [4.69, 9.17) is 25.8 Å². The van der Waals surface area contributed by atoms with E-state index in [9.17, 15) is 5.11 Å². The van der Waals surface area contributed by atoms with Crippen molar-refractivity contribution in [3.8, 4) is 5.75 Å². The summed E-state index contributed by atoms with van der Waals surface area (Å²) >= 11 is 6.40. The van der Waals surface area contributed by atoms with Crippen molar-refractivity contribution in [2.45, 2.75) is 62.6 Å². The molecule has 0 bridgehead atoms. The number of halogens is 1. The third kappa shape index (κ3) is 4.75. The fourth-order valence-corrected chi connectivity index (χ4v) is 7.30. The van der Waals surface area contributed by atoms with Gasteiger partial charge in [0.2, 0.25) is 0 Å². The van der Waals surface area contributed by atoms with Crippen LogP contribution in [-0.2, 0) is 21.3 Å². The molecule has 37 heavy (non-hydrogen) atoms. The predicted octanol–water partition coefficient (Wildman–Crippen LogP) is 6.00. The van der Waals surface area contributed by atoms with Gasteiger partial charge in [0.1, 0.15) is 11.5 Å². The minimum atomic E-state index is -0.233. The molecule has 2 fully saturated rings. The number of ether oxygens (including phenoxy) is 3. The fourth-order valence-electron chi connectivity index (χ4n) is 7.11. The van der Waals surface area contributed by atoms with Crippen LogP contribution < -0.4 is 9.64 Å². The SMILES string of the molecule is C=C(OC)c1ccc2c(c1)N(C[C@@H]1CC[C@H]1[C@@H]1C[C@@H](O)CCO1)C[C@@]1(CCCc3cc(Cl)ccc31)CO2. The lowest BCUT2D eigenvalue weighted by Crippen LogP contribution is -2.50. The summed E-state index contributed by atoms with van der Waals surface area (Å²) in [6, 6.07) is 12.7. The van der Waals surface area contributed by atoms with Crippen molar-refractivity contribution >= 4 is 23.0 Å². The number of rotatable bonds is 5. The van der Waals surface area contributed by atoms with E-state index >= 15 is 0 Å². The molecule has 0 unspecified atom stereocenters. The fraction of sp³-hybridized carbons (Fsp3) is 0.548. The van der Waals surface area contributed by atoms with Gasteiger partial charge in [0.05, 0.1) is 31.6 Å². The molecule has 0 amide bonds. The first-order valence-electron chi connectivity index (χ1n) is 13.8. The van der Waals surface area contributed by atoms with Crippen molar-refractivity contribution in [1.82, 2.24) is 0 Å². The van der Waals surface area contributed by atoms with Crippen molar-refractivity contribution in [2.24, 2.45) is 11.8 Å². The van der Waals surface area contributed by atoms with E-state index in [-0.39, 0.29) is 17.6 Å². The standard InChI is InChI=1S/C31H38ClNO4/c1-20(35-2)21-6-10-29-28(15-21)33(17-23-5-8-26(23)30-16-25(34)11-13-36-30)18-31(19-37-29)12-3-4-22-14-24(32)7-9-27(22)31/h6-7,9-10,14-15,23,25-26,30,34H,1,3-5,8,11-13,16-19H2,2H3/t23-,25-,26+,30-,31-/m0/s1. The Morgan fingerprint density at radius 1 is 1.22 bits per heavy atom. The minimum absolute atomic E-state index is 0.0909. The Bertz CT molecular complexity index is 1170. The van der Waals surface area contributed by atoms with Crippen LogP contribution in [0, 0.1) is 11.8 Å². The summed E-state index contributed by atoms with van der Waals surface area (Å²) in [5, 5.41) is 11.1. The summed E-state index contributed by atoms with van der Waals surface area (Å²) in [6.45, 7) is 7.26. The average molecular weight is 524 g/mol. The molecular formula is C31H38ClNO4. The van der Waals surface area contributed by atoms with Gasteiger partial charge in [-0.3, -0.25) is 0 Å². The number of aryl methyl sites for hydroxylation is 1. The van der Waals surface area contributed by atoms with Gasteiger partial charge in [-0.25, -0.2) is 0 Å². The highest BCUT2D eigenvalue weighted by molar-refractivity contribution is 6.30. The summed E-state index contributed by atoms with van der Waals surface area (Å²) in [4.78, 5) is 2.56. The molecule has 6 rings (SSSR count). The summed E-state index contributed by atoms with van der Waals surface area (Å²) < 4.78 is 18.2. The van der Waals surface area contributed by atoms with Gasteiger partial charge in [-0.15, -0.1) is 0 Å². The first kappa shape index (κ1) is 25.1. The first-order valence-corrected chi connectivity index (χ1v) is 14.2. The third-order valence-corrected chi connectivity index (χ3v) is 9.54. The molecule has 4 aliphatic rings. The highest BCUT2D eigenvalue weighted by Gasteiger charge is 2.45. The second kappa shape index (κ2) is 10.2. The summed E-state index contributed by atoms with van der Waals surface area (Å²) in [5.41, 5.74) is 4.74. The molecule has 6 heteroatoms. The molecule has 1 spiro atoms. The zero-order valence-electron chi connectivity index (χ0n) is 21.8. The summed E-state index contributed by atoms with van der Waals surface area (Å²) in [5.74, 6) is 2.60. The quantitative estimate of drug-likeness (QED) is 0.487. The lowest BCUT2D eigenvalue weighted by molar-refractivity contribution is -0.101. The lowest BCUT2D eigenvalue weighted by Gasteiger charge is -2.47. The number of methoxy groups -OCH3 is 1. The minimum Gasteiger partial charge on any atom is -0.497 e. The molecule has 198 valence electrons. The normalized spacial score (nSPS) is 30.9. The molecule has 2 heterocycles. The van der Waals surface area contributed by atoms with Crippen molar-refractivity contribution in [1.29, 1.82) is 0 Å². The van der Waals surface area contributed by atoms with Crippen molar-refractivity contribution in [3.05, 3.63) is 64.7 Å². The van der Waals surface area contributed by atoms with E-state index in [0.717, 1.165) is 67.2 Å². The zero-order valence-corrected chi connectivity index (χ0v) is 22.5. The molecule has 0 aromatic heterocycles. The van der Waals surface area contributed by atoms with Crippen LogP contribution >= 0.6 is 11.6 Å². The number of fused-ring (bicyclic) bond motifs is 3. The second-order valence-electron chi connectivity index (χ2n) is 11.5. The van der Waals surface area contributed by atoms with Crippen LogP contribution in [0.3, 0.4) is 0 Å². The Hall–Kier alpha value is -2.21. The van der Waals surface area contributed by atoms with Gasteiger partial charge in [-0.1, -0.05) is 24.2 Å². The topological polar surface area (TPSA) is 51.2 Å². The summed E-state index contributed by atoms with van der Waals surface area (Å²) in [7, 11) is 1.67. The Morgan fingerprint density at radius 2 is 2.11 bits per heavy atom. The molecule has 2 aromatic carbocycles. The number of hydrogen-bond acceptors (Lipinski definition) is 5. The third-order valence-electron chi connectivity index (χ3n) is 9.30. The molecule has 0 radical (unpaired) electrons. The van der Waals surface area contributed by atoms with Crippen LogP contribution in [0.1, 0.15) is 55.2 Å². The molecule has 2 aliphatic heterocycles. The van der Waals surface area contributed by atoms with Crippen LogP contribution in [0.15, 0.2) is 43.0 Å². The number of hydrogen-bond donors (Lipinski definition) is 1. The molecule has 2 aliphatic carbocycles. The van der Waals surface area contributed by atoms with Gasteiger partial charge in [0, 0.05) is 35.7 Å². The monoisotopic (exact) mass is 523 g/mol. The van der Waals surface area contributed by atoms with E-state index in [1.165, 1.54) is 24.0 Å². The first-order chi connectivity index (χ1) is 18.0. The van der Waals surface area contributed by atoms with E-state index < -0.39 is 0 Å². The van der Waals surface area contributed by atoms with Gasteiger partial charge in [0.25, 0.3) is 0 Å². The van der Waals surface area contributed by atoms with Crippen LogP contribution in [-0.4, -0.2) is 50.7 Å². The Labute approximate surface area is 225 Å². The molecular weight excluding hydrogens is 486 g/mol. The Kier molecular flexibility index (Phi) is 6.89. The second-order valence-corrected chi connectivity index (χ2v) is 11.9. The zero-order chi connectivity index (χ0) is 25.6. The maximum absolute atomic E-state index is 10.3. The van der Waals surface area contributed by atoms with E-state index in [1.807, 2.05) is 12.1 Å². The highest BCUT2D eigenvalue weighted by Crippen LogP contribution is 2.47. The maximum atomic E-state index is 10.3. The van der Waals surface area contributed by atoms with Crippen LogP contribution in [0.4, 0.5) is 5.69 Å². The predicted molar refractivity (Wildman–Crippen MR) is 147 cm³/mol. The number of benzene rings is 2. The molecule has 1 N–H and O–H groups in total. The molecule has 5 nitrogen and oxygen atoms in total. The lowest BCUT2D eigenvalue weighted by atomic mass is 9.67. The summed E-state index contributed by atoms with van der Waals surface area (Å²) in [6.07, 6.45) is 7.10. The largest absolute Gasteiger partial charge is 0.497 e. The molecule has 5 atom stereocenters. The number of anilines is 1. The number of nitrogens with zero attached hydrogens (tertiary/aromatic N) is 1. The van der Waals surface area contributed by atoms with Gasteiger partial charge in [0.15, 0.2) is 0 Å². The Morgan fingerprint density at radius 3 is 2.89 bits per heavy atom. The van der Waals surface area contributed by atoms with Crippen molar-refractivity contribution < 1.29 is 19.3 Å². The number of aliphatic hydroxyl groups is 1. The van der Waals surface area contributed by atoms with Gasteiger partial charge >= 0.3 is 0 Å². The average Bonchev–Trinajstić information content (AvgIpc) is 3.03. The van der Waals surface area contributed by atoms with E-state index in [2.05, 4.69) is 35.7 Å². The maximum Gasteiger partial charge on any atom is 0.142 e. The Balaban J connectivity index is 1.35. The highest BCUT2D eigenvalue weighted by atomic mass is 35.5. The van der Waals surface area contributed by atoms with Gasteiger partial charge < -0.3 is 24.2 Å². The van der Waals surface area contributed by atoms with Crippen LogP contribution in [0.25, 0.3) is 5.76 Å². The van der Waals surface area contributed by atoms with E-state index in [1.54, 1.807) is 7.11 Å².